The van der Waals surface area contributed by atoms with Crippen LogP contribution in [0.2, 0.25) is 0 Å². The van der Waals surface area contributed by atoms with E-state index in [0.717, 1.165) is 23.8 Å². The maximum Gasteiger partial charge on any atom is 0.118 e. The van der Waals surface area contributed by atoms with Crippen LogP contribution in [-0.2, 0) is 0 Å². The molecule has 0 heterocycles. The topological polar surface area (TPSA) is 20.2 Å². The highest BCUT2D eigenvalue weighted by Gasteiger charge is 2.19. The number of fused-ring (bicyclic) bond motifs is 1. The Morgan fingerprint density at radius 3 is 2.55 bits per heavy atom. The molecule has 0 amide bonds. The molecule has 110 valence electrons. The normalized spacial score (nSPS) is 16.2. The monoisotopic (exact) mass is 288 g/mol. The van der Waals surface area contributed by atoms with E-state index < -0.39 is 6.10 Å². The van der Waals surface area contributed by atoms with Crippen molar-refractivity contribution in [2.24, 2.45) is 5.92 Å². The lowest BCUT2D eigenvalue weighted by Gasteiger charge is -2.22. The van der Waals surface area contributed by atoms with Gasteiger partial charge in [0.25, 0.3) is 0 Å². The number of aliphatic hydroxyl groups excluding tert-OH is 1. The molecule has 1 N–H and O–H groups in total. The van der Waals surface area contributed by atoms with E-state index in [4.69, 9.17) is 0 Å². The van der Waals surface area contributed by atoms with Gasteiger partial charge >= 0.3 is 0 Å². The SMILES string of the molecule is OC(C#CC#Cc1cccc2ccccc12)C1CCCCC1. The predicted octanol–water partition coefficient (Wildman–Crippen LogP) is 4.14. The summed E-state index contributed by atoms with van der Waals surface area (Å²) in [7, 11) is 0. The van der Waals surface area contributed by atoms with Gasteiger partial charge in [-0.25, -0.2) is 0 Å². The molecule has 1 nitrogen and oxygen atoms in total. The summed E-state index contributed by atoms with van der Waals surface area (Å²) in [6.45, 7) is 0. The maximum atomic E-state index is 10.1. The Labute approximate surface area is 132 Å². The molecule has 0 bridgehead atoms. The van der Waals surface area contributed by atoms with Crippen LogP contribution in [0.5, 0.6) is 0 Å². The zero-order chi connectivity index (χ0) is 15.2. The van der Waals surface area contributed by atoms with Gasteiger partial charge in [-0.1, -0.05) is 67.5 Å². The van der Waals surface area contributed by atoms with Crippen LogP contribution in [0.15, 0.2) is 42.5 Å². The van der Waals surface area contributed by atoms with Crippen molar-refractivity contribution in [2.45, 2.75) is 38.2 Å². The molecule has 1 atom stereocenters. The van der Waals surface area contributed by atoms with Crippen LogP contribution in [0.1, 0.15) is 37.7 Å². The zero-order valence-electron chi connectivity index (χ0n) is 12.7. The number of rotatable bonds is 1. The van der Waals surface area contributed by atoms with Crippen molar-refractivity contribution in [3.05, 3.63) is 48.0 Å². The molecule has 1 heteroatoms. The minimum absolute atomic E-state index is 0.334. The van der Waals surface area contributed by atoms with E-state index in [1.165, 1.54) is 24.6 Å². The fourth-order valence-electron chi connectivity index (χ4n) is 3.11. The average molecular weight is 288 g/mol. The molecule has 0 radical (unpaired) electrons. The van der Waals surface area contributed by atoms with Crippen LogP contribution in [0.25, 0.3) is 10.8 Å². The molecule has 0 saturated heterocycles. The molecule has 1 aliphatic rings. The van der Waals surface area contributed by atoms with Crippen LogP contribution in [0, 0.1) is 29.6 Å². The summed E-state index contributed by atoms with van der Waals surface area (Å²) >= 11 is 0. The summed E-state index contributed by atoms with van der Waals surface area (Å²) in [5.41, 5.74) is 0.986. The second-order valence-electron chi connectivity index (χ2n) is 5.89. The Kier molecular flexibility index (Phi) is 4.79. The van der Waals surface area contributed by atoms with Crippen molar-refractivity contribution in [1.29, 1.82) is 0 Å². The van der Waals surface area contributed by atoms with E-state index in [1.807, 2.05) is 24.3 Å². The largest absolute Gasteiger partial charge is 0.380 e. The highest BCUT2D eigenvalue weighted by molar-refractivity contribution is 5.88. The van der Waals surface area contributed by atoms with Crippen LogP contribution < -0.4 is 0 Å². The molecule has 1 unspecified atom stereocenters. The Hall–Kier alpha value is -2.22. The van der Waals surface area contributed by atoms with Gasteiger partial charge in [-0.3, -0.25) is 0 Å². The Morgan fingerprint density at radius 1 is 0.909 bits per heavy atom. The summed E-state index contributed by atoms with van der Waals surface area (Å²) in [5, 5.41) is 12.4. The van der Waals surface area contributed by atoms with Crippen LogP contribution >= 0.6 is 0 Å². The molecule has 2 aromatic carbocycles. The molecular formula is C21H20O. The van der Waals surface area contributed by atoms with E-state index in [0.29, 0.717) is 5.92 Å². The minimum Gasteiger partial charge on any atom is -0.380 e. The van der Waals surface area contributed by atoms with Gasteiger partial charge in [0.15, 0.2) is 0 Å². The fraction of sp³-hybridized carbons (Fsp3) is 0.333. The maximum absolute atomic E-state index is 10.1. The van der Waals surface area contributed by atoms with Crippen LogP contribution in [-0.4, -0.2) is 11.2 Å². The Balaban J connectivity index is 1.74. The van der Waals surface area contributed by atoms with Gasteiger partial charge in [-0.2, -0.15) is 0 Å². The summed E-state index contributed by atoms with van der Waals surface area (Å²) in [6, 6.07) is 14.3. The van der Waals surface area contributed by atoms with Gasteiger partial charge in [-0.05, 0) is 47.4 Å². The third kappa shape index (κ3) is 3.51. The van der Waals surface area contributed by atoms with Gasteiger partial charge in [0, 0.05) is 5.56 Å². The average Bonchev–Trinajstić information content (AvgIpc) is 2.59. The zero-order valence-corrected chi connectivity index (χ0v) is 12.7. The first-order chi connectivity index (χ1) is 10.8. The van der Waals surface area contributed by atoms with Crippen molar-refractivity contribution in [2.75, 3.05) is 0 Å². The molecule has 0 aromatic heterocycles. The number of hydrogen-bond acceptors (Lipinski definition) is 1. The minimum atomic E-state index is -0.526. The lowest BCUT2D eigenvalue weighted by molar-refractivity contribution is 0.133. The number of aliphatic hydroxyl groups is 1. The van der Waals surface area contributed by atoms with E-state index in [-0.39, 0.29) is 0 Å². The lowest BCUT2D eigenvalue weighted by Crippen LogP contribution is -2.20. The summed E-state index contributed by atoms with van der Waals surface area (Å²) in [4.78, 5) is 0. The van der Waals surface area contributed by atoms with Crippen molar-refractivity contribution >= 4 is 10.8 Å². The van der Waals surface area contributed by atoms with Gasteiger partial charge in [-0.15, -0.1) is 0 Å². The third-order valence-electron chi connectivity index (χ3n) is 4.37. The molecular weight excluding hydrogens is 268 g/mol. The van der Waals surface area contributed by atoms with Gasteiger partial charge in [0.1, 0.15) is 6.10 Å². The van der Waals surface area contributed by atoms with Crippen LogP contribution in [0.3, 0.4) is 0 Å². The summed E-state index contributed by atoms with van der Waals surface area (Å²) < 4.78 is 0. The van der Waals surface area contributed by atoms with Crippen molar-refractivity contribution < 1.29 is 5.11 Å². The van der Waals surface area contributed by atoms with E-state index in [9.17, 15) is 5.11 Å². The summed E-state index contributed by atoms with van der Waals surface area (Å²) in [5.74, 6) is 12.1. The standard InChI is InChI=1S/C21H20O/c22-21(19-11-2-1-3-12-19)16-7-5-10-18-14-8-13-17-9-4-6-15-20(17)18/h4,6,8-9,13-15,19,21-22H,1-3,11-12H2. The Bertz CT molecular complexity index is 756. The predicted molar refractivity (Wildman–Crippen MR) is 91.2 cm³/mol. The van der Waals surface area contributed by atoms with Gasteiger partial charge in [0.2, 0.25) is 0 Å². The van der Waals surface area contributed by atoms with Gasteiger partial charge < -0.3 is 5.11 Å². The van der Waals surface area contributed by atoms with E-state index in [2.05, 4.69) is 41.9 Å². The molecule has 1 saturated carbocycles. The Morgan fingerprint density at radius 2 is 1.68 bits per heavy atom. The highest BCUT2D eigenvalue weighted by Crippen LogP contribution is 2.26. The lowest BCUT2D eigenvalue weighted by atomic mass is 9.85. The second kappa shape index (κ2) is 7.17. The fourth-order valence-corrected chi connectivity index (χ4v) is 3.11. The van der Waals surface area contributed by atoms with E-state index in [1.54, 1.807) is 0 Å². The molecule has 0 spiro atoms. The van der Waals surface area contributed by atoms with E-state index >= 15 is 0 Å². The van der Waals surface area contributed by atoms with Crippen LogP contribution in [0.4, 0.5) is 0 Å². The number of benzene rings is 2. The first kappa shape index (κ1) is 14.7. The quantitative estimate of drug-likeness (QED) is 0.782. The smallest absolute Gasteiger partial charge is 0.118 e. The summed E-state index contributed by atoms with van der Waals surface area (Å²) in [6.07, 6.45) is 5.37. The molecule has 1 aliphatic carbocycles. The molecule has 22 heavy (non-hydrogen) atoms. The third-order valence-corrected chi connectivity index (χ3v) is 4.37. The molecule has 3 rings (SSSR count). The van der Waals surface area contributed by atoms with Crippen molar-refractivity contribution in [3.8, 4) is 23.7 Å². The first-order valence-corrected chi connectivity index (χ1v) is 8.02. The first-order valence-electron chi connectivity index (χ1n) is 8.02. The van der Waals surface area contributed by atoms with Gasteiger partial charge in [0.05, 0.1) is 0 Å². The van der Waals surface area contributed by atoms with Crippen molar-refractivity contribution in [1.82, 2.24) is 0 Å². The highest BCUT2D eigenvalue weighted by atomic mass is 16.3. The van der Waals surface area contributed by atoms with Crippen molar-refractivity contribution in [3.63, 3.8) is 0 Å². The second-order valence-corrected chi connectivity index (χ2v) is 5.89. The molecule has 2 aromatic rings. The molecule has 0 aliphatic heterocycles. The number of hydrogen-bond donors (Lipinski definition) is 1. The molecule has 1 fully saturated rings.